The van der Waals surface area contributed by atoms with Crippen LogP contribution in [0.15, 0.2) is 85.5 Å². The third-order valence-corrected chi connectivity index (χ3v) is 4.30. The maximum Gasteiger partial charge on any atom is 0.155 e. The number of carbonyl (C=O) groups is 2. The molecule has 0 fully saturated rings. The summed E-state index contributed by atoms with van der Waals surface area (Å²) in [6, 6.07) is 14.4. The second kappa shape index (κ2) is 13.7. The summed E-state index contributed by atoms with van der Waals surface area (Å²) >= 11 is 11.0. The average Bonchev–Trinajstić information content (AvgIpc) is 2.84. The molecule has 0 bridgehead atoms. The standard InChI is InChI=1S/C12H8FNO2.C6H4ClF.C6H4ClNO/c13-10-1-3-11(4-2-10)16-12-5-6-14-7-9(12)8-15;7-5-1-3-6(8)4-2-5;7-6-1-2-8-3-5(6)4-9/h1-8H;1-4H;1-4H. The SMILES string of the molecule is Fc1ccc(Cl)cc1.O=Cc1cnccc1Cl.O=Cc1cnccc1Oc1ccc(F)cc1. The average molecular weight is 489 g/mol. The fourth-order valence-corrected chi connectivity index (χ4v) is 2.39. The van der Waals surface area contributed by atoms with Crippen LogP contribution < -0.4 is 4.74 Å². The molecule has 0 radical (unpaired) electrons. The lowest BCUT2D eigenvalue weighted by Crippen LogP contribution is -1.91. The predicted octanol–water partition coefficient (Wildman–Crippen LogP) is 6.85. The minimum atomic E-state index is -0.335. The number of ether oxygens (including phenoxy) is 1. The Morgan fingerprint density at radius 1 is 0.697 bits per heavy atom. The largest absolute Gasteiger partial charge is 0.457 e. The molecule has 0 N–H and O–H groups in total. The molecule has 33 heavy (non-hydrogen) atoms. The Bertz CT molecular complexity index is 1150. The number of rotatable bonds is 4. The van der Waals surface area contributed by atoms with Crippen molar-refractivity contribution in [3.8, 4) is 11.5 Å². The topological polar surface area (TPSA) is 69.2 Å². The van der Waals surface area contributed by atoms with Crippen LogP contribution in [0.2, 0.25) is 10.0 Å². The van der Waals surface area contributed by atoms with Crippen LogP contribution in [0, 0.1) is 11.6 Å². The summed E-state index contributed by atoms with van der Waals surface area (Å²) in [5, 5.41) is 1.01. The van der Waals surface area contributed by atoms with Crippen molar-refractivity contribution >= 4 is 35.8 Å². The number of aromatic nitrogens is 2. The van der Waals surface area contributed by atoms with Crippen molar-refractivity contribution in [3.63, 3.8) is 0 Å². The Kier molecular flexibility index (Phi) is 10.6. The fraction of sp³-hybridized carbons (Fsp3) is 0. The third-order valence-electron chi connectivity index (χ3n) is 3.71. The van der Waals surface area contributed by atoms with Gasteiger partial charge < -0.3 is 4.74 Å². The van der Waals surface area contributed by atoms with Gasteiger partial charge in [0.2, 0.25) is 0 Å². The third kappa shape index (κ3) is 9.14. The molecule has 4 rings (SSSR count). The van der Waals surface area contributed by atoms with Gasteiger partial charge in [0.15, 0.2) is 12.6 Å². The first-order chi connectivity index (χ1) is 15.9. The van der Waals surface area contributed by atoms with Crippen LogP contribution in [0.5, 0.6) is 11.5 Å². The van der Waals surface area contributed by atoms with E-state index in [4.69, 9.17) is 27.9 Å². The van der Waals surface area contributed by atoms with E-state index in [2.05, 4.69) is 9.97 Å². The zero-order chi connectivity index (χ0) is 24.1. The number of benzene rings is 2. The van der Waals surface area contributed by atoms with Gasteiger partial charge in [-0.15, -0.1) is 0 Å². The zero-order valence-electron chi connectivity index (χ0n) is 16.9. The summed E-state index contributed by atoms with van der Waals surface area (Å²) in [6.45, 7) is 0. The Labute approximate surface area is 198 Å². The molecule has 0 aliphatic carbocycles. The number of hydrogen-bond donors (Lipinski definition) is 0. The Hall–Kier alpha value is -3.68. The van der Waals surface area contributed by atoms with Gasteiger partial charge in [0.25, 0.3) is 0 Å². The summed E-state index contributed by atoms with van der Waals surface area (Å²) in [6.07, 6.45) is 7.23. The van der Waals surface area contributed by atoms with Crippen LogP contribution in [-0.2, 0) is 0 Å². The molecule has 168 valence electrons. The molecule has 0 atom stereocenters. The summed E-state index contributed by atoms with van der Waals surface area (Å²) in [5.41, 5.74) is 0.783. The molecule has 5 nitrogen and oxygen atoms in total. The van der Waals surface area contributed by atoms with Gasteiger partial charge >= 0.3 is 0 Å². The van der Waals surface area contributed by atoms with Crippen molar-refractivity contribution in [1.29, 1.82) is 0 Å². The van der Waals surface area contributed by atoms with E-state index >= 15 is 0 Å². The number of pyridine rings is 2. The summed E-state index contributed by atoms with van der Waals surface area (Å²) in [7, 11) is 0. The molecule has 2 heterocycles. The first-order valence-electron chi connectivity index (χ1n) is 9.21. The molecule has 2 aromatic carbocycles. The van der Waals surface area contributed by atoms with Crippen LogP contribution in [0.4, 0.5) is 8.78 Å². The van der Waals surface area contributed by atoms with E-state index in [1.54, 1.807) is 12.1 Å². The number of carbonyl (C=O) groups excluding carboxylic acids is 2. The number of halogens is 4. The second-order valence-corrected chi connectivity index (χ2v) is 6.88. The molecule has 9 heteroatoms. The second-order valence-electron chi connectivity index (χ2n) is 6.04. The van der Waals surface area contributed by atoms with Gasteiger partial charge in [-0.3, -0.25) is 19.6 Å². The van der Waals surface area contributed by atoms with E-state index in [0.29, 0.717) is 45.2 Å². The van der Waals surface area contributed by atoms with Gasteiger partial charge in [-0.25, -0.2) is 8.78 Å². The lowest BCUT2D eigenvalue weighted by molar-refractivity contribution is 0.111. The van der Waals surface area contributed by atoms with Crippen molar-refractivity contribution in [2.45, 2.75) is 0 Å². The van der Waals surface area contributed by atoms with E-state index in [0.717, 1.165) is 0 Å². The van der Waals surface area contributed by atoms with E-state index in [9.17, 15) is 18.4 Å². The van der Waals surface area contributed by atoms with Crippen LogP contribution in [-0.4, -0.2) is 22.5 Å². The van der Waals surface area contributed by atoms with E-state index in [1.807, 2.05) is 0 Å². The molecule has 0 spiro atoms. The van der Waals surface area contributed by atoms with Gasteiger partial charge in [0.05, 0.1) is 16.1 Å². The van der Waals surface area contributed by atoms with Gasteiger partial charge in [-0.2, -0.15) is 0 Å². The Morgan fingerprint density at radius 2 is 1.21 bits per heavy atom. The van der Waals surface area contributed by atoms with E-state index in [-0.39, 0.29) is 11.6 Å². The van der Waals surface area contributed by atoms with Crippen molar-refractivity contribution < 1.29 is 23.1 Å². The first-order valence-corrected chi connectivity index (χ1v) is 9.97. The highest BCUT2D eigenvalue weighted by Gasteiger charge is 2.03. The van der Waals surface area contributed by atoms with E-state index < -0.39 is 0 Å². The van der Waals surface area contributed by atoms with Gasteiger partial charge in [-0.1, -0.05) is 23.2 Å². The highest BCUT2D eigenvalue weighted by atomic mass is 35.5. The Morgan fingerprint density at radius 3 is 1.70 bits per heavy atom. The molecule has 0 amide bonds. The number of aldehydes is 2. The minimum absolute atomic E-state index is 0.255. The quantitative estimate of drug-likeness (QED) is 0.293. The number of hydrogen-bond acceptors (Lipinski definition) is 5. The molecule has 0 saturated heterocycles. The summed E-state index contributed by atoms with van der Waals surface area (Å²) in [4.78, 5) is 28.3. The molecular formula is C24H16Cl2F2N2O3. The van der Waals surface area contributed by atoms with Crippen molar-refractivity contribution in [3.05, 3.63) is 118 Å². The number of nitrogens with zero attached hydrogens (tertiary/aromatic N) is 2. The van der Waals surface area contributed by atoms with Crippen LogP contribution in [0.1, 0.15) is 20.7 Å². The van der Waals surface area contributed by atoms with Crippen LogP contribution >= 0.6 is 23.2 Å². The maximum atomic E-state index is 12.6. The summed E-state index contributed by atoms with van der Waals surface area (Å²) in [5.74, 6) is 0.277. The molecule has 4 aromatic rings. The minimum Gasteiger partial charge on any atom is -0.457 e. The highest BCUT2D eigenvalue weighted by Crippen LogP contribution is 2.23. The molecule has 0 aliphatic heterocycles. The lowest BCUT2D eigenvalue weighted by Gasteiger charge is -2.06. The molecular weight excluding hydrogens is 473 g/mol. The van der Waals surface area contributed by atoms with E-state index in [1.165, 1.54) is 73.3 Å². The fourth-order valence-electron chi connectivity index (χ4n) is 2.11. The summed E-state index contributed by atoms with van der Waals surface area (Å²) < 4.78 is 30.1. The van der Waals surface area contributed by atoms with Crippen LogP contribution in [0.3, 0.4) is 0 Å². The first kappa shape index (κ1) is 25.6. The lowest BCUT2D eigenvalue weighted by atomic mass is 10.3. The zero-order valence-corrected chi connectivity index (χ0v) is 18.4. The van der Waals surface area contributed by atoms with Crippen LogP contribution in [0.25, 0.3) is 0 Å². The van der Waals surface area contributed by atoms with Gasteiger partial charge in [0.1, 0.15) is 23.1 Å². The monoisotopic (exact) mass is 488 g/mol. The highest BCUT2D eigenvalue weighted by molar-refractivity contribution is 6.32. The van der Waals surface area contributed by atoms with Crippen molar-refractivity contribution in [1.82, 2.24) is 9.97 Å². The normalized spacial score (nSPS) is 9.45. The van der Waals surface area contributed by atoms with Gasteiger partial charge in [0, 0.05) is 29.8 Å². The smallest absolute Gasteiger partial charge is 0.155 e. The maximum absolute atomic E-state index is 12.6. The Balaban J connectivity index is 0.000000192. The molecule has 0 saturated carbocycles. The van der Waals surface area contributed by atoms with Gasteiger partial charge in [-0.05, 0) is 60.7 Å². The predicted molar refractivity (Wildman–Crippen MR) is 122 cm³/mol. The molecule has 0 unspecified atom stereocenters. The van der Waals surface area contributed by atoms with Crippen molar-refractivity contribution in [2.75, 3.05) is 0 Å². The van der Waals surface area contributed by atoms with Crippen molar-refractivity contribution in [2.24, 2.45) is 0 Å². The molecule has 0 aliphatic rings. The molecule has 2 aromatic heterocycles.